The van der Waals surface area contributed by atoms with Gasteiger partial charge in [0.05, 0.1) is 6.61 Å². The van der Waals surface area contributed by atoms with E-state index in [9.17, 15) is 5.11 Å². The molecule has 1 saturated heterocycles. The summed E-state index contributed by atoms with van der Waals surface area (Å²) in [5.74, 6) is 0.791. The van der Waals surface area contributed by atoms with E-state index in [-0.39, 0.29) is 6.61 Å². The van der Waals surface area contributed by atoms with Gasteiger partial charge in [0.15, 0.2) is 0 Å². The summed E-state index contributed by atoms with van der Waals surface area (Å²) >= 11 is 0. The van der Waals surface area contributed by atoms with Crippen LogP contribution >= 0.6 is 0 Å². The second kappa shape index (κ2) is 8.52. The molecule has 1 aromatic rings. The van der Waals surface area contributed by atoms with Crippen LogP contribution in [0.3, 0.4) is 0 Å². The molecule has 1 aromatic carbocycles. The van der Waals surface area contributed by atoms with Crippen molar-refractivity contribution in [3.8, 4) is 0 Å². The summed E-state index contributed by atoms with van der Waals surface area (Å²) in [5.41, 5.74) is 2.26. The summed E-state index contributed by atoms with van der Waals surface area (Å²) in [5, 5.41) is 12.9. The lowest BCUT2D eigenvalue weighted by molar-refractivity contribution is 0.162. The topological polar surface area (TPSA) is 35.5 Å². The quantitative estimate of drug-likeness (QED) is 0.810. The minimum absolute atomic E-state index is 0.124. The van der Waals surface area contributed by atoms with Gasteiger partial charge in [-0.2, -0.15) is 0 Å². The summed E-state index contributed by atoms with van der Waals surface area (Å²) in [4.78, 5) is 2.59. The van der Waals surface area contributed by atoms with Crippen LogP contribution in [0.1, 0.15) is 44.2 Å². The maximum absolute atomic E-state index is 9.19. The lowest BCUT2D eigenvalue weighted by atomic mass is 9.90. The number of aliphatic hydroxyl groups excluding tert-OH is 1. The van der Waals surface area contributed by atoms with Crippen molar-refractivity contribution in [3.05, 3.63) is 35.4 Å². The van der Waals surface area contributed by atoms with Crippen molar-refractivity contribution < 1.29 is 5.11 Å². The zero-order valence-electron chi connectivity index (χ0n) is 13.5. The summed E-state index contributed by atoms with van der Waals surface area (Å²) in [6, 6.07) is 8.77. The molecular weight excluding hydrogens is 260 g/mol. The number of hydrogen-bond donors (Lipinski definition) is 2. The van der Waals surface area contributed by atoms with Gasteiger partial charge in [-0.3, -0.25) is 0 Å². The molecule has 0 spiro atoms. The first-order valence-electron chi connectivity index (χ1n) is 8.37. The van der Waals surface area contributed by atoms with Crippen LogP contribution in [0.4, 0.5) is 0 Å². The van der Waals surface area contributed by atoms with Crippen LogP contribution in [-0.2, 0) is 13.2 Å². The number of aliphatic hydroxyl groups is 1. The first-order chi connectivity index (χ1) is 10.2. The van der Waals surface area contributed by atoms with Crippen molar-refractivity contribution in [2.75, 3.05) is 19.6 Å². The first-order valence-corrected chi connectivity index (χ1v) is 8.37. The van der Waals surface area contributed by atoms with Crippen LogP contribution in [0.5, 0.6) is 0 Å². The molecule has 1 aliphatic rings. The van der Waals surface area contributed by atoms with Gasteiger partial charge in [-0.25, -0.2) is 0 Å². The van der Waals surface area contributed by atoms with Crippen molar-refractivity contribution in [2.45, 2.75) is 52.3 Å². The Hall–Kier alpha value is -0.900. The Morgan fingerprint density at radius 3 is 2.67 bits per heavy atom. The number of benzene rings is 1. The third kappa shape index (κ3) is 5.10. The minimum Gasteiger partial charge on any atom is -0.392 e. The Morgan fingerprint density at radius 1 is 1.29 bits per heavy atom. The van der Waals surface area contributed by atoms with E-state index < -0.39 is 0 Å². The Bertz CT molecular complexity index is 413. The maximum Gasteiger partial charge on any atom is 0.0681 e. The van der Waals surface area contributed by atoms with Crippen LogP contribution in [0.15, 0.2) is 24.3 Å². The third-order valence-electron chi connectivity index (χ3n) is 4.68. The van der Waals surface area contributed by atoms with Gasteiger partial charge in [-0.1, -0.05) is 31.2 Å². The average molecular weight is 290 g/mol. The lowest BCUT2D eigenvalue weighted by Crippen LogP contribution is -2.41. The summed E-state index contributed by atoms with van der Waals surface area (Å²) in [6.45, 7) is 9.35. The van der Waals surface area contributed by atoms with Crippen LogP contribution < -0.4 is 5.32 Å². The van der Waals surface area contributed by atoms with Gasteiger partial charge < -0.3 is 15.3 Å². The molecule has 0 saturated carbocycles. The third-order valence-corrected chi connectivity index (χ3v) is 4.68. The van der Waals surface area contributed by atoms with E-state index in [4.69, 9.17) is 0 Å². The van der Waals surface area contributed by atoms with Crippen molar-refractivity contribution >= 4 is 0 Å². The van der Waals surface area contributed by atoms with E-state index in [1.165, 1.54) is 44.5 Å². The molecule has 0 aromatic heterocycles. The zero-order valence-corrected chi connectivity index (χ0v) is 13.5. The van der Waals surface area contributed by atoms with Crippen molar-refractivity contribution in [2.24, 2.45) is 5.92 Å². The SMILES string of the molecule is CCCN1CCC(C(C)NCc2cccc(CO)c2)CC1. The summed E-state index contributed by atoms with van der Waals surface area (Å²) < 4.78 is 0. The van der Waals surface area contributed by atoms with Crippen molar-refractivity contribution in [1.82, 2.24) is 10.2 Å². The van der Waals surface area contributed by atoms with Crippen molar-refractivity contribution in [3.63, 3.8) is 0 Å². The van der Waals surface area contributed by atoms with E-state index in [0.717, 1.165) is 18.0 Å². The molecule has 0 aliphatic carbocycles. The van der Waals surface area contributed by atoms with Gasteiger partial charge in [0.25, 0.3) is 0 Å². The lowest BCUT2D eigenvalue weighted by Gasteiger charge is -2.35. The zero-order chi connectivity index (χ0) is 15.1. The number of nitrogens with one attached hydrogen (secondary N) is 1. The molecule has 0 amide bonds. The number of likely N-dealkylation sites (tertiary alicyclic amines) is 1. The normalized spacial score (nSPS) is 18.8. The number of rotatable bonds is 7. The van der Waals surface area contributed by atoms with E-state index >= 15 is 0 Å². The van der Waals surface area contributed by atoms with E-state index in [1.54, 1.807) is 0 Å². The highest BCUT2D eigenvalue weighted by molar-refractivity contribution is 5.22. The molecule has 1 unspecified atom stereocenters. The van der Waals surface area contributed by atoms with Crippen LogP contribution in [-0.4, -0.2) is 35.7 Å². The molecule has 118 valence electrons. The van der Waals surface area contributed by atoms with Crippen LogP contribution in [0, 0.1) is 5.92 Å². The highest BCUT2D eigenvalue weighted by Crippen LogP contribution is 2.21. The Kier molecular flexibility index (Phi) is 6.68. The van der Waals surface area contributed by atoms with E-state index in [2.05, 4.69) is 36.2 Å². The number of piperidine rings is 1. The van der Waals surface area contributed by atoms with Gasteiger partial charge >= 0.3 is 0 Å². The van der Waals surface area contributed by atoms with Crippen LogP contribution in [0.25, 0.3) is 0 Å². The minimum atomic E-state index is 0.124. The van der Waals surface area contributed by atoms with E-state index in [0.29, 0.717) is 6.04 Å². The average Bonchev–Trinajstić information content (AvgIpc) is 2.54. The Labute approximate surface area is 129 Å². The molecule has 0 radical (unpaired) electrons. The van der Waals surface area contributed by atoms with Gasteiger partial charge in [0.2, 0.25) is 0 Å². The molecular formula is C18H30N2O. The summed E-state index contributed by atoms with van der Waals surface area (Å²) in [7, 11) is 0. The second-order valence-electron chi connectivity index (χ2n) is 6.33. The van der Waals surface area contributed by atoms with Crippen LogP contribution in [0.2, 0.25) is 0 Å². The standard InChI is InChI=1S/C18H30N2O/c1-3-9-20-10-7-18(8-11-20)15(2)19-13-16-5-4-6-17(12-16)14-21/h4-6,12,15,18-19,21H,3,7-11,13-14H2,1-2H3. The fraction of sp³-hybridized carbons (Fsp3) is 0.667. The molecule has 1 heterocycles. The molecule has 1 atom stereocenters. The molecule has 0 bridgehead atoms. The largest absolute Gasteiger partial charge is 0.392 e. The van der Waals surface area contributed by atoms with E-state index in [1.807, 2.05) is 12.1 Å². The molecule has 1 aliphatic heterocycles. The van der Waals surface area contributed by atoms with Gasteiger partial charge in [0, 0.05) is 12.6 Å². The predicted octanol–water partition coefficient (Wildman–Crippen LogP) is 2.78. The summed E-state index contributed by atoms with van der Waals surface area (Å²) in [6.07, 6.45) is 3.88. The van der Waals surface area contributed by atoms with Gasteiger partial charge in [-0.05, 0) is 62.9 Å². The number of nitrogens with zero attached hydrogens (tertiary/aromatic N) is 1. The molecule has 2 rings (SSSR count). The molecule has 21 heavy (non-hydrogen) atoms. The molecule has 3 heteroatoms. The highest BCUT2D eigenvalue weighted by Gasteiger charge is 2.22. The number of hydrogen-bond acceptors (Lipinski definition) is 3. The Morgan fingerprint density at radius 2 is 2.00 bits per heavy atom. The monoisotopic (exact) mass is 290 g/mol. The van der Waals surface area contributed by atoms with Gasteiger partial charge in [0.1, 0.15) is 0 Å². The molecule has 2 N–H and O–H groups in total. The second-order valence-corrected chi connectivity index (χ2v) is 6.33. The van der Waals surface area contributed by atoms with Crippen molar-refractivity contribution in [1.29, 1.82) is 0 Å². The fourth-order valence-corrected chi connectivity index (χ4v) is 3.28. The first kappa shape index (κ1) is 16.5. The smallest absolute Gasteiger partial charge is 0.0681 e. The highest BCUT2D eigenvalue weighted by atomic mass is 16.3. The molecule has 1 fully saturated rings. The predicted molar refractivity (Wildman–Crippen MR) is 88.1 cm³/mol. The Balaban J connectivity index is 1.75. The molecule has 3 nitrogen and oxygen atoms in total. The van der Waals surface area contributed by atoms with Gasteiger partial charge in [-0.15, -0.1) is 0 Å². The fourth-order valence-electron chi connectivity index (χ4n) is 3.28. The maximum atomic E-state index is 9.19.